The molecule has 0 saturated heterocycles. The van der Waals surface area contributed by atoms with E-state index in [2.05, 4.69) is 19.9 Å². The highest BCUT2D eigenvalue weighted by Crippen LogP contribution is 2.19. The van der Waals surface area contributed by atoms with E-state index < -0.39 is 0 Å². The van der Waals surface area contributed by atoms with Crippen molar-refractivity contribution in [2.75, 3.05) is 0 Å². The molecule has 0 unspecified atom stereocenters. The summed E-state index contributed by atoms with van der Waals surface area (Å²) in [5, 5.41) is 0. The van der Waals surface area contributed by atoms with E-state index in [1.807, 2.05) is 25.1 Å². The molecule has 0 radical (unpaired) electrons. The van der Waals surface area contributed by atoms with Crippen molar-refractivity contribution in [1.29, 1.82) is 0 Å². The molecule has 0 spiro atoms. The average molecular weight is 242 g/mol. The van der Waals surface area contributed by atoms with E-state index in [9.17, 15) is 4.79 Å². The molecule has 0 amide bonds. The lowest BCUT2D eigenvalue weighted by Gasteiger charge is -2.07. The van der Waals surface area contributed by atoms with Gasteiger partial charge in [-0.3, -0.25) is 4.79 Å². The van der Waals surface area contributed by atoms with Crippen molar-refractivity contribution in [3.05, 3.63) is 58.5 Å². The van der Waals surface area contributed by atoms with Gasteiger partial charge in [0.15, 0.2) is 5.76 Å². The van der Waals surface area contributed by atoms with Crippen LogP contribution >= 0.6 is 0 Å². The average Bonchev–Trinajstić information content (AvgIpc) is 2.83. The number of furan rings is 1. The Morgan fingerprint density at radius 2 is 1.89 bits per heavy atom. The molecule has 2 nitrogen and oxygen atoms in total. The van der Waals surface area contributed by atoms with Crippen LogP contribution in [0.25, 0.3) is 0 Å². The fourth-order valence-electron chi connectivity index (χ4n) is 2.05. The molecule has 0 saturated carbocycles. The Hall–Kier alpha value is -1.83. The Labute approximate surface area is 108 Å². The van der Waals surface area contributed by atoms with Crippen LogP contribution in [-0.2, 0) is 12.8 Å². The largest absolute Gasteiger partial charge is 0.458 e. The standard InChI is InChI=1S/C16H18O2/c1-4-12-7-8-13(5-2)14(10-12)16(17)15-9-6-11(3)18-15/h6-10H,4-5H2,1-3H3. The molecule has 2 rings (SSSR count). The van der Waals surface area contributed by atoms with Gasteiger partial charge in [0.25, 0.3) is 0 Å². The monoisotopic (exact) mass is 242 g/mol. The van der Waals surface area contributed by atoms with E-state index in [1.165, 1.54) is 5.56 Å². The minimum Gasteiger partial charge on any atom is -0.458 e. The number of hydrogen-bond donors (Lipinski definition) is 0. The number of ketones is 1. The molecule has 0 aliphatic heterocycles. The van der Waals surface area contributed by atoms with Gasteiger partial charge in [0, 0.05) is 5.56 Å². The lowest BCUT2D eigenvalue weighted by atomic mass is 9.97. The van der Waals surface area contributed by atoms with Crippen molar-refractivity contribution in [3.63, 3.8) is 0 Å². The summed E-state index contributed by atoms with van der Waals surface area (Å²) in [5.41, 5.74) is 3.02. The molecule has 1 aromatic carbocycles. The number of carbonyl (C=O) groups excluding carboxylic acids is 1. The van der Waals surface area contributed by atoms with E-state index >= 15 is 0 Å². The second-order valence-corrected chi connectivity index (χ2v) is 4.44. The first kappa shape index (κ1) is 12.6. The van der Waals surface area contributed by atoms with E-state index in [0.717, 1.165) is 29.7 Å². The fraction of sp³-hybridized carbons (Fsp3) is 0.312. The van der Waals surface area contributed by atoms with Crippen molar-refractivity contribution >= 4 is 5.78 Å². The van der Waals surface area contributed by atoms with Gasteiger partial charge in [-0.05, 0) is 49.1 Å². The zero-order valence-electron chi connectivity index (χ0n) is 11.1. The third kappa shape index (κ3) is 2.37. The molecular weight excluding hydrogens is 224 g/mol. The quantitative estimate of drug-likeness (QED) is 0.760. The van der Waals surface area contributed by atoms with Crippen molar-refractivity contribution in [1.82, 2.24) is 0 Å². The van der Waals surface area contributed by atoms with Crippen molar-refractivity contribution in [3.8, 4) is 0 Å². The highest BCUT2D eigenvalue weighted by molar-refractivity contribution is 6.08. The second kappa shape index (κ2) is 5.21. The molecule has 0 atom stereocenters. The van der Waals surface area contributed by atoms with Crippen molar-refractivity contribution in [2.45, 2.75) is 33.6 Å². The van der Waals surface area contributed by atoms with Gasteiger partial charge >= 0.3 is 0 Å². The summed E-state index contributed by atoms with van der Waals surface area (Å²) in [6.45, 7) is 6.00. The van der Waals surface area contributed by atoms with Crippen molar-refractivity contribution in [2.24, 2.45) is 0 Å². The van der Waals surface area contributed by atoms with Crippen LogP contribution in [0.2, 0.25) is 0 Å². The highest BCUT2D eigenvalue weighted by atomic mass is 16.3. The molecule has 2 heteroatoms. The molecule has 1 heterocycles. The maximum atomic E-state index is 12.4. The Kier molecular flexibility index (Phi) is 3.66. The topological polar surface area (TPSA) is 30.2 Å². The summed E-state index contributed by atoms with van der Waals surface area (Å²) >= 11 is 0. The second-order valence-electron chi connectivity index (χ2n) is 4.44. The van der Waals surface area contributed by atoms with Gasteiger partial charge in [-0.25, -0.2) is 0 Å². The molecule has 0 fully saturated rings. The summed E-state index contributed by atoms with van der Waals surface area (Å²) in [6, 6.07) is 9.68. The minimum absolute atomic E-state index is 0.0183. The molecule has 0 aliphatic carbocycles. The number of hydrogen-bond acceptors (Lipinski definition) is 2. The maximum Gasteiger partial charge on any atom is 0.228 e. The summed E-state index contributed by atoms with van der Waals surface area (Å²) < 4.78 is 5.42. The summed E-state index contributed by atoms with van der Waals surface area (Å²) in [5.74, 6) is 1.17. The van der Waals surface area contributed by atoms with E-state index in [-0.39, 0.29) is 5.78 Å². The molecule has 2 aromatic rings. The predicted molar refractivity (Wildman–Crippen MR) is 72.1 cm³/mol. The van der Waals surface area contributed by atoms with Crippen LogP contribution in [0.4, 0.5) is 0 Å². The van der Waals surface area contributed by atoms with Gasteiger partial charge in [-0.1, -0.05) is 26.0 Å². The lowest BCUT2D eigenvalue weighted by Crippen LogP contribution is -2.05. The van der Waals surface area contributed by atoms with Crippen LogP contribution in [0.5, 0.6) is 0 Å². The van der Waals surface area contributed by atoms with Crippen molar-refractivity contribution < 1.29 is 9.21 Å². The number of aryl methyl sites for hydroxylation is 3. The fourth-order valence-corrected chi connectivity index (χ4v) is 2.05. The molecule has 18 heavy (non-hydrogen) atoms. The minimum atomic E-state index is -0.0183. The molecule has 1 aromatic heterocycles. The first-order valence-corrected chi connectivity index (χ1v) is 6.38. The maximum absolute atomic E-state index is 12.4. The predicted octanol–water partition coefficient (Wildman–Crippen LogP) is 3.94. The zero-order chi connectivity index (χ0) is 13.1. The zero-order valence-corrected chi connectivity index (χ0v) is 11.1. The molecule has 0 bridgehead atoms. The molecule has 0 N–H and O–H groups in total. The Morgan fingerprint density at radius 3 is 2.44 bits per heavy atom. The van der Waals surface area contributed by atoms with Gasteiger partial charge < -0.3 is 4.42 Å². The Balaban J connectivity index is 2.45. The van der Waals surface area contributed by atoms with Gasteiger partial charge in [0.1, 0.15) is 5.76 Å². The summed E-state index contributed by atoms with van der Waals surface area (Å²) in [6.07, 6.45) is 1.78. The number of benzene rings is 1. The van der Waals surface area contributed by atoms with E-state index in [1.54, 1.807) is 6.07 Å². The number of rotatable bonds is 4. The van der Waals surface area contributed by atoms with Gasteiger partial charge in [0.05, 0.1) is 0 Å². The third-order valence-electron chi connectivity index (χ3n) is 3.17. The van der Waals surface area contributed by atoms with Gasteiger partial charge in [0.2, 0.25) is 5.78 Å². The molecular formula is C16H18O2. The first-order valence-electron chi connectivity index (χ1n) is 6.38. The normalized spacial score (nSPS) is 10.6. The molecule has 0 aliphatic rings. The van der Waals surface area contributed by atoms with Crippen LogP contribution in [0.1, 0.15) is 46.9 Å². The molecule has 94 valence electrons. The Bertz CT molecular complexity index is 564. The first-order chi connectivity index (χ1) is 8.65. The van der Waals surface area contributed by atoms with Crippen LogP contribution in [-0.4, -0.2) is 5.78 Å². The van der Waals surface area contributed by atoms with Gasteiger partial charge in [-0.15, -0.1) is 0 Å². The SMILES string of the molecule is CCc1ccc(CC)c(C(=O)c2ccc(C)o2)c1. The van der Waals surface area contributed by atoms with Gasteiger partial charge in [-0.2, -0.15) is 0 Å². The van der Waals surface area contributed by atoms with Crippen LogP contribution in [0.3, 0.4) is 0 Å². The third-order valence-corrected chi connectivity index (χ3v) is 3.17. The highest BCUT2D eigenvalue weighted by Gasteiger charge is 2.16. The Morgan fingerprint density at radius 1 is 1.11 bits per heavy atom. The smallest absolute Gasteiger partial charge is 0.228 e. The van der Waals surface area contributed by atoms with Crippen LogP contribution in [0.15, 0.2) is 34.7 Å². The van der Waals surface area contributed by atoms with Crippen LogP contribution in [0, 0.1) is 6.92 Å². The lowest BCUT2D eigenvalue weighted by molar-refractivity contribution is 0.101. The van der Waals surface area contributed by atoms with E-state index in [0.29, 0.717) is 5.76 Å². The van der Waals surface area contributed by atoms with Crippen LogP contribution < -0.4 is 0 Å². The number of carbonyl (C=O) groups is 1. The van der Waals surface area contributed by atoms with E-state index in [4.69, 9.17) is 4.42 Å². The summed E-state index contributed by atoms with van der Waals surface area (Å²) in [7, 11) is 0. The summed E-state index contributed by atoms with van der Waals surface area (Å²) in [4.78, 5) is 12.4.